The number of nitrogens with one attached hydrogen (secondary N) is 1. The molecule has 8 heteroatoms. The standard InChI is InChI=1S/C23H31N5O3/c1-16-14-27(20-8-6-19(7-9-20)23(30)31-3)13-12-26(16)15-22(29)25-21-10-11-24-28(21)17(2)18-4-5-18/h6-11,16-18H,4-5,12-15H2,1-3H3,(H,25,29). The van der Waals surface area contributed by atoms with E-state index < -0.39 is 0 Å². The van der Waals surface area contributed by atoms with Gasteiger partial charge in [-0.2, -0.15) is 5.10 Å². The lowest BCUT2D eigenvalue weighted by molar-refractivity contribution is -0.118. The highest BCUT2D eigenvalue weighted by atomic mass is 16.5. The first kappa shape index (κ1) is 21.4. The predicted molar refractivity (Wildman–Crippen MR) is 119 cm³/mol. The van der Waals surface area contributed by atoms with Crippen LogP contribution in [0.25, 0.3) is 0 Å². The number of benzene rings is 1. The summed E-state index contributed by atoms with van der Waals surface area (Å²) in [6.07, 6.45) is 4.23. The smallest absolute Gasteiger partial charge is 0.337 e. The van der Waals surface area contributed by atoms with E-state index in [1.54, 1.807) is 18.3 Å². The lowest BCUT2D eigenvalue weighted by Crippen LogP contribution is -2.53. The number of aromatic nitrogens is 2. The number of esters is 1. The molecule has 4 rings (SSSR count). The summed E-state index contributed by atoms with van der Waals surface area (Å²) < 4.78 is 6.70. The number of piperazine rings is 1. The Balaban J connectivity index is 1.31. The molecule has 1 aliphatic carbocycles. The maximum atomic E-state index is 12.7. The van der Waals surface area contributed by atoms with Gasteiger partial charge in [0, 0.05) is 37.4 Å². The van der Waals surface area contributed by atoms with E-state index in [9.17, 15) is 9.59 Å². The number of rotatable bonds is 7. The molecule has 1 aromatic carbocycles. The third-order valence-corrected chi connectivity index (χ3v) is 6.39. The Morgan fingerprint density at radius 3 is 2.58 bits per heavy atom. The van der Waals surface area contributed by atoms with Crippen LogP contribution in [0.5, 0.6) is 0 Å². The van der Waals surface area contributed by atoms with Gasteiger partial charge in [-0.25, -0.2) is 9.48 Å². The second-order valence-electron chi connectivity index (χ2n) is 8.59. The molecule has 1 aliphatic heterocycles. The number of carbonyl (C=O) groups is 2. The first-order chi connectivity index (χ1) is 15.0. The molecule has 1 amide bonds. The van der Waals surface area contributed by atoms with E-state index in [1.807, 2.05) is 22.9 Å². The van der Waals surface area contributed by atoms with Crippen molar-refractivity contribution in [1.82, 2.24) is 14.7 Å². The minimum Gasteiger partial charge on any atom is -0.465 e. The number of methoxy groups -OCH3 is 1. The molecule has 0 radical (unpaired) electrons. The largest absolute Gasteiger partial charge is 0.465 e. The van der Waals surface area contributed by atoms with Crippen molar-refractivity contribution in [3.05, 3.63) is 42.1 Å². The van der Waals surface area contributed by atoms with Gasteiger partial charge in [0.1, 0.15) is 5.82 Å². The molecule has 2 heterocycles. The third kappa shape index (κ3) is 4.90. The number of carbonyl (C=O) groups excluding carboxylic acids is 2. The quantitative estimate of drug-likeness (QED) is 0.687. The van der Waals surface area contributed by atoms with Crippen LogP contribution >= 0.6 is 0 Å². The summed E-state index contributed by atoms with van der Waals surface area (Å²) >= 11 is 0. The molecular formula is C23H31N5O3. The molecule has 2 atom stereocenters. The molecule has 1 saturated heterocycles. The van der Waals surface area contributed by atoms with Crippen molar-refractivity contribution in [1.29, 1.82) is 0 Å². The molecule has 0 spiro atoms. The Bertz CT molecular complexity index is 922. The summed E-state index contributed by atoms with van der Waals surface area (Å²) in [6.45, 7) is 7.11. The summed E-state index contributed by atoms with van der Waals surface area (Å²) in [7, 11) is 1.38. The van der Waals surface area contributed by atoms with Crippen molar-refractivity contribution in [3.63, 3.8) is 0 Å². The summed E-state index contributed by atoms with van der Waals surface area (Å²) in [6, 6.07) is 9.89. The minimum atomic E-state index is -0.330. The van der Waals surface area contributed by atoms with Crippen molar-refractivity contribution in [2.24, 2.45) is 5.92 Å². The SMILES string of the molecule is COC(=O)c1ccc(N2CCN(CC(=O)Nc3ccnn3C(C)C3CC3)C(C)C2)cc1. The Labute approximate surface area is 183 Å². The lowest BCUT2D eigenvalue weighted by atomic mass is 10.1. The van der Waals surface area contributed by atoms with E-state index in [-0.39, 0.29) is 17.9 Å². The molecule has 2 aliphatic rings. The molecule has 2 aromatic rings. The van der Waals surface area contributed by atoms with E-state index in [2.05, 4.69) is 34.1 Å². The molecule has 31 heavy (non-hydrogen) atoms. The zero-order valence-corrected chi connectivity index (χ0v) is 18.5. The monoisotopic (exact) mass is 425 g/mol. The van der Waals surface area contributed by atoms with Crippen LogP contribution in [-0.4, -0.2) is 65.9 Å². The Morgan fingerprint density at radius 1 is 1.19 bits per heavy atom. The Hall–Kier alpha value is -2.87. The van der Waals surface area contributed by atoms with Gasteiger partial charge in [0.2, 0.25) is 5.91 Å². The van der Waals surface area contributed by atoms with Crippen LogP contribution in [0.15, 0.2) is 36.5 Å². The van der Waals surface area contributed by atoms with Crippen LogP contribution in [0.4, 0.5) is 11.5 Å². The molecule has 2 unspecified atom stereocenters. The lowest BCUT2D eigenvalue weighted by Gasteiger charge is -2.40. The van der Waals surface area contributed by atoms with Crippen LogP contribution in [0.3, 0.4) is 0 Å². The Kier molecular flexibility index (Phi) is 6.27. The molecule has 8 nitrogen and oxygen atoms in total. The number of ether oxygens (including phenoxy) is 1. The fraction of sp³-hybridized carbons (Fsp3) is 0.522. The van der Waals surface area contributed by atoms with Crippen molar-refractivity contribution >= 4 is 23.4 Å². The van der Waals surface area contributed by atoms with Crippen LogP contribution in [0, 0.1) is 5.92 Å². The molecular weight excluding hydrogens is 394 g/mol. The molecule has 1 saturated carbocycles. The molecule has 2 fully saturated rings. The highest BCUT2D eigenvalue weighted by Crippen LogP contribution is 2.40. The number of hydrogen-bond donors (Lipinski definition) is 1. The fourth-order valence-corrected chi connectivity index (χ4v) is 4.27. The van der Waals surface area contributed by atoms with Gasteiger partial charge in [-0.15, -0.1) is 0 Å². The number of amides is 1. The van der Waals surface area contributed by atoms with Crippen molar-refractivity contribution < 1.29 is 14.3 Å². The molecule has 1 aromatic heterocycles. The van der Waals surface area contributed by atoms with Gasteiger partial charge < -0.3 is 15.0 Å². The zero-order valence-electron chi connectivity index (χ0n) is 18.5. The molecule has 0 bridgehead atoms. The van der Waals surface area contributed by atoms with Crippen LogP contribution in [-0.2, 0) is 9.53 Å². The van der Waals surface area contributed by atoms with E-state index in [1.165, 1.54) is 20.0 Å². The number of anilines is 2. The highest BCUT2D eigenvalue weighted by Gasteiger charge is 2.31. The summed E-state index contributed by atoms with van der Waals surface area (Å²) in [4.78, 5) is 28.8. The Morgan fingerprint density at radius 2 is 1.94 bits per heavy atom. The summed E-state index contributed by atoms with van der Waals surface area (Å²) in [5.41, 5.74) is 1.62. The highest BCUT2D eigenvalue weighted by molar-refractivity contribution is 5.91. The van der Waals surface area contributed by atoms with Crippen LogP contribution < -0.4 is 10.2 Å². The van der Waals surface area contributed by atoms with Gasteiger partial charge in [-0.05, 0) is 56.9 Å². The van der Waals surface area contributed by atoms with Crippen molar-refractivity contribution in [3.8, 4) is 0 Å². The van der Waals surface area contributed by atoms with Gasteiger partial charge in [0.15, 0.2) is 0 Å². The maximum Gasteiger partial charge on any atom is 0.337 e. The van der Waals surface area contributed by atoms with Crippen LogP contribution in [0.1, 0.15) is 43.1 Å². The van der Waals surface area contributed by atoms with Gasteiger partial charge in [-0.1, -0.05) is 0 Å². The van der Waals surface area contributed by atoms with Crippen molar-refractivity contribution in [2.45, 2.75) is 38.8 Å². The van der Waals surface area contributed by atoms with Gasteiger partial charge >= 0.3 is 5.97 Å². The second-order valence-corrected chi connectivity index (χ2v) is 8.59. The molecule has 166 valence electrons. The van der Waals surface area contributed by atoms with Crippen LogP contribution in [0.2, 0.25) is 0 Å². The van der Waals surface area contributed by atoms with Crippen molar-refractivity contribution in [2.75, 3.05) is 43.5 Å². The third-order valence-electron chi connectivity index (χ3n) is 6.39. The maximum absolute atomic E-state index is 12.7. The minimum absolute atomic E-state index is 0.00696. The van der Waals surface area contributed by atoms with Gasteiger partial charge in [-0.3, -0.25) is 9.69 Å². The summed E-state index contributed by atoms with van der Waals surface area (Å²) in [5, 5.41) is 7.46. The van der Waals surface area contributed by atoms with Gasteiger partial charge in [0.25, 0.3) is 0 Å². The first-order valence-corrected chi connectivity index (χ1v) is 11.0. The molecule has 1 N–H and O–H groups in total. The second kappa shape index (κ2) is 9.09. The first-order valence-electron chi connectivity index (χ1n) is 11.0. The zero-order chi connectivity index (χ0) is 22.0. The average Bonchev–Trinajstić information content (AvgIpc) is 3.53. The van der Waals surface area contributed by atoms with E-state index in [4.69, 9.17) is 4.74 Å². The fourth-order valence-electron chi connectivity index (χ4n) is 4.27. The van der Waals surface area contributed by atoms with E-state index in [0.717, 1.165) is 31.1 Å². The summed E-state index contributed by atoms with van der Waals surface area (Å²) in [5.74, 6) is 1.11. The predicted octanol–water partition coefficient (Wildman–Crippen LogP) is 2.79. The normalized spacial score (nSPS) is 20.4. The van der Waals surface area contributed by atoms with Gasteiger partial charge in [0.05, 0.1) is 31.5 Å². The van der Waals surface area contributed by atoms with E-state index in [0.29, 0.717) is 24.1 Å². The number of hydrogen-bond acceptors (Lipinski definition) is 6. The van der Waals surface area contributed by atoms with E-state index >= 15 is 0 Å². The topological polar surface area (TPSA) is 79.7 Å². The number of nitrogens with zero attached hydrogens (tertiary/aromatic N) is 4. The average molecular weight is 426 g/mol.